The highest BCUT2D eigenvalue weighted by atomic mass is 35.5. The SMILES string of the molecule is CCCCCC(C)(C)C(CO[N+](C)(C)Cc1ccccc1)(OCC)Oc1ccccc1.[Cl-]. The van der Waals surface area contributed by atoms with Gasteiger partial charge in [0.05, 0.1) is 14.1 Å². The van der Waals surface area contributed by atoms with Crippen LogP contribution < -0.4 is 17.1 Å². The molecule has 0 aliphatic carbocycles. The van der Waals surface area contributed by atoms with Gasteiger partial charge in [0.1, 0.15) is 12.3 Å². The smallest absolute Gasteiger partial charge is 0.245 e. The van der Waals surface area contributed by atoms with Crippen LogP contribution in [-0.2, 0) is 16.1 Å². The highest BCUT2D eigenvalue weighted by Crippen LogP contribution is 2.41. The van der Waals surface area contributed by atoms with E-state index in [2.05, 4.69) is 59.1 Å². The third-order valence-electron chi connectivity index (χ3n) is 5.85. The molecule has 180 valence electrons. The molecular weight excluding hydrogens is 422 g/mol. The lowest BCUT2D eigenvalue weighted by molar-refractivity contribution is -1.09. The Kier molecular flexibility index (Phi) is 11.7. The first-order valence-corrected chi connectivity index (χ1v) is 11.6. The molecule has 0 heterocycles. The molecule has 1 atom stereocenters. The number of ether oxygens (including phenoxy) is 2. The molecule has 2 aromatic rings. The fourth-order valence-electron chi connectivity index (χ4n) is 3.88. The average Bonchev–Trinajstić information content (AvgIpc) is 2.73. The number of unbranched alkanes of at least 4 members (excludes halogenated alkanes) is 2. The first-order chi connectivity index (χ1) is 14.7. The number of quaternary nitrogens is 1. The van der Waals surface area contributed by atoms with E-state index in [4.69, 9.17) is 14.3 Å². The Hall–Kier alpha value is -1.59. The van der Waals surface area contributed by atoms with E-state index in [1.807, 2.05) is 43.3 Å². The van der Waals surface area contributed by atoms with Crippen molar-refractivity contribution in [2.24, 2.45) is 5.41 Å². The molecule has 0 fully saturated rings. The Morgan fingerprint density at radius 2 is 1.44 bits per heavy atom. The minimum absolute atomic E-state index is 0. The summed E-state index contributed by atoms with van der Waals surface area (Å²) in [5.74, 6) is -0.0836. The van der Waals surface area contributed by atoms with E-state index < -0.39 is 5.79 Å². The number of hydrogen-bond acceptors (Lipinski definition) is 3. The molecular formula is C27H42ClNO3. The van der Waals surface area contributed by atoms with Crippen molar-refractivity contribution >= 4 is 0 Å². The highest BCUT2D eigenvalue weighted by molar-refractivity contribution is 5.22. The number of nitrogens with zero attached hydrogens (tertiary/aromatic N) is 1. The van der Waals surface area contributed by atoms with E-state index in [0.717, 1.165) is 25.1 Å². The Labute approximate surface area is 201 Å². The van der Waals surface area contributed by atoms with Crippen LogP contribution >= 0.6 is 0 Å². The van der Waals surface area contributed by atoms with Gasteiger partial charge in [0.15, 0.2) is 6.61 Å². The third-order valence-corrected chi connectivity index (χ3v) is 5.85. The van der Waals surface area contributed by atoms with Gasteiger partial charge in [-0.3, -0.25) is 0 Å². The molecule has 32 heavy (non-hydrogen) atoms. The maximum atomic E-state index is 6.63. The first kappa shape index (κ1) is 28.4. The van der Waals surface area contributed by atoms with Crippen LogP contribution in [0.2, 0.25) is 0 Å². The monoisotopic (exact) mass is 463 g/mol. The summed E-state index contributed by atoms with van der Waals surface area (Å²) in [4.78, 5) is 6.50. The quantitative estimate of drug-likeness (QED) is 0.185. The Bertz CT molecular complexity index is 752. The summed E-state index contributed by atoms with van der Waals surface area (Å²) in [6.45, 7) is 10.4. The van der Waals surface area contributed by atoms with E-state index >= 15 is 0 Å². The standard InChI is InChI=1S/C27H42NO3.ClH/c1-7-9-16-21-26(3,4)27(29-8-2,31-25-19-14-11-15-20-25)23-30-28(5,6)22-24-17-12-10-13-18-24;/h10-15,17-20H,7-9,16,21-23H2,1-6H3;1H/q+1;/p-1. The van der Waals surface area contributed by atoms with Crippen LogP contribution in [0.25, 0.3) is 0 Å². The van der Waals surface area contributed by atoms with Gasteiger partial charge in [-0.2, -0.15) is 9.48 Å². The van der Waals surface area contributed by atoms with Gasteiger partial charge in [-0.25, -0.2) is 0 Å². The van der Waals surface area contributed by atoms with E-state index in [9.17, 15) is 0 Å². The zero-order chi connectivity index (χ0) is 22.8. The van der Waals surface area contributed by atoms with Crippen molar-refractivity contribution in [1.29, 1.82) is 0 Å². The summed E-state index contributed by atoms with van der Waals surface area (Å²) in [5.41, 5.74) is 1.00. The fraction of sp³-hybridized carbons (Fsp3) is 0.556. The highest BCUT2D eigenvalue weighted by Gasteiger charge is 2.50. The Balaban J connectivity index is 0.00000512. The van der Waals surface area contributed by atoms with Crippen LogP contribution in [-0.4, -0.2) is 37.7 Å². The number of benzene rings is 2. The second-order valence-electron chi connectivity index (χ2n) is 9.43. The lowest BCUT2D eigenvalue weighted by atomic mass is 9.78. The second kappa shape index (κ2) is 13.2. The molecule has 0 bridgehead atoms. The molecule has 0 aromatic heterocycles. The zero-order valence-electron chi connectivity index (χ0n) is 20.8. The fourth-order valence-corrected chi connectivity index (χ4v) is 3.88. The Morgan fingerprint density at radius 1 is 0.844 bits per heavy atom. The van der Waals surface area contributed by atoms with Crippen LogP contribution in [0.1, 0.15) is 58.9 Å². The minimum atomic E-state index is -0.886. The molecule has 0 saturated heterocycles. The van der Waals surface area contributed by atoms with Crippen molar-refractivity contribution in [2.75, 3.05) is 27.3 Å². The first-order valence-electron chi connectivity index (χ1n) is 11.6. The molecule has 0 amide bonds. The number of halogens is 1. The van der Waals surface area contributed by atoms with E-state index in [-0.39, 0.29) is 17.8 Å². The van der Waals surface area contributed by atoms with Crippen molar-refractivity contribution in [3.05, 3.63) is 66.2 Å². The van der Waals surface area contributed by atoms with E-state index in [1.165, 1.54) is 18.4 Å². The van der Waals surface area contributed by atoms with Crippen LogP contribution in [0.4, 0.5) is 0 Å². The van der Waals surface area contributed by atoms with Gasteiger partial charge in [-0.1, -0.05) is 88.6 Å². The largest absolute Gasteiger partial charge is 1.00 e. The van der Waals surface area contributed by atoms with Crippen molar-refractivity contribution in [2.45, 2.75) is 65.7 Å². The van der Waals surface area contributed by atoms with Crippen LogP contribution in [0, 0.1) is 5.41 Å². The number of para-hydroxylation sites is 1. The van der Waals surface area contributed by atoms with Gasteiger partial charge >= 0.3 is 0 Å². The predicted octanol–water partition coefficient (Wildman–Crippen LogP) is 3.62. The van der Waals surface area contributed by atoms with Crippen molar-refractivity contribution in [3.8, 4) is 5.75 Å². The molecule has 4 nitrogen and oxygen atoms in total. The molecule has 2 rings (SSSR count). The topological polar surface area (TPSA) is 27.7 Å². The molecule has 0 saturated carbocycles. The Morgan fingerprint density at radius 3 is 2.00 bits per heavy atom. The van der Waals surface area contributed by atoms with Gasteiger partial charge in [0.25, 0.3) is 0 Å². The van der Waals surface area contributed by atoms with Crippen LogP contribution in [0.3, 0.4) is 0 Å². The maximum Gasteiger partial charge on any atom is 0.245 e. The van der Waals surface area contributed by atoms with Gasteiger partial charge in [0, 0.05) is 17.6 Å². The van der Waals surface area contributed by atoms with Gasteiger partial charge < -0.3 is 21.9 Å². The molecule has 0 N–H and O–H groups in total. The van der Waals surface area contributed by atoms with Gasteiger partial charge in [0.2, 0.25) is 5.79 Å². The van der Waals surface area contributed by atoms with Gasteiger partial charge in [-0.05, 0) is 25.5 Å². The summed E-state index contributed by atoms with van der Waals surface area (Å²) in [6.07, 6.45) is 4.53. The van der Waals surface area contributed by atoms with Crippen molar-refractivity contribution < 1.29 is 31.4 Å². The molecule has 0 aliphatic heterocycles. The predicted molar refractivity (Wildman–Crippen MR) is 128 cm³/mol. The minimum Gasteiger partial charge on any atom is -1.00 e. The molecule has 2 aromatic carbocycles. The van der Waals surface area contributed by atoms with Crippen LogP contribution in [0.15, 0.2) is 60.7 Å². The van der Waals surface area contributed by atoms with Crippen molar-refractivity contribution in [1.82, 2.24) is 0 Å². The summed E-state index contributed by atoms with van der Waals surface area (Å²) < 4.78 is 13.4. The molecule has 1 unspecified atom stereocenters. The summed E-state index contributed by atoms with van der Waals surface area (Å²) in [5, 5.41) is 0. The van der Waals surface area contributed by atoms with Crippen LogP contribution in [0.5, 0.6) is 5.75 Å². The van der Waals surface area contributed by atoms with Crippen molar-refractivity contribution in [3.63, 3.8) is 0 Å². The second-order valence-corrected chi connectivity index (χ2v) is 9.43. The van der Waals surface area contributed by atoms with E-state index in [0.29, 0.717) is 17.9 Å². The van der Waals surface area contributed by atoms with E-state index in [1.54, 1.807) is 0 Å². The molecule has 0 radical (unpaired) electrons. The summed E-state index contributed by atoms with van der Waals surface area (Å²) >= 11 is 0. The molecule has 0 aliphatic rings. The average molecular weight is 464 g/mol. The number of hydroxylamine groups is 3. The summed E-state index contributed by atoms with van der Waals surface area (Å²) in [6, 6.07) is 20.4. The number of hydrogen-bond donors (Lipinski definition) is 0. The molecule has 5 heteroatoms. The third kappa shape index (κ3) is 8.40. The zero-order valence-corrected chi connectivity index (χ0v) is 21.5. The lowest BCUT2D eigenvalue weighted by Gasteiger charge is -2.46. The number of rotatable bonds is 14. The summed E-state index contributed by atoms with van der Waals surface area (Å²) in [7, 11) is 4.16. The lowest BCUT2D eigenvalue weighted by Crippen LogP contribution is -3.00. The van der Waals surface area contributed by atoms with Gasteiger partial charge in [-0.15, -0.1) is 0 Å². The normalized spacial score (nSPS) is 13.8. The molecule has 0 spiro atoms. The maximum absolute atomic E-state index is 6.63.